The molecule has 0 saturated carbocycles. The van der Waals surface area contributed by atoms with Gasteiger partial charge in [-0.15, -0.1) is 10.2 Å². The van der Waals surface area contributed by atoms with Crippen molar-refractivity contribution in [3.05, 3.63) is 23.8 Å². The number of carbonyl (C=O) groups is 2. The number of hydrogen-bond acceptors (Lipinski definition) is 7. The number of nitrogens with one attached hydrogen (secondary N) is 1. The zero-order valence-corrected chi connectivity index (χ0v) is 14.2. The molecule has 24 heavy (non-hydrogen) atoms. The molecule has 0 spiro atoms. The van der Waals surface area contributed by atoms with E-state index in [1.54, 1.807) is 24.2 Å². The zero-order valence-electron chi connectivity index (χ0n) is 13.4. The van der Waals surface area contributed by atoms with Gasteiger partial charge in [0.1, 0.15) is 12.1 Å². The quantitative estimate of drug-likeness (QED) is 0.581. The summed E-state index contributed by atoms with van der Waals surface area (Å²) >= 11 is 1.53. The number of carbonyl (C=O) groups excluding carboxylic acids is 2. The van der Waals surface area contributed by atoms with Gasteiger partial charge >= 0.3 is 0 Å². The lowest BCUT2D eigenvalue weighted by Crippen LogP contribution is -2.56. The summed E-state index contributed by atoms with van der Waals surface area (Å²) in [5.74, 6) is 0.907. The normalized spacial score (nSPS) is 14.5. The number of amides is 2. The Labute approximate surface area is 142 Å². The van der Waals surface area contributed by atoms with Crippen LogP contribution in [-0.4, -0.2) is 62.0 Å². The summed E-state index contributed by atoms with van der Waals surface area (Å²) in [6.07, 6.45) is 1.64. The van der Waals surface area contributed by atoms with E-state index in [9.17, 15) is 9.59 Å². The number of hydrogen-bond donors (Lipinski definition) is 1. The Bertz CT molecular complexity index is 736. The fourth-order valence-corrected chi connectivity index (χ4v) is 3.05. The van der Waals surface area contributed by atoms with Gasteiger partial charge in [-0.25, -0.2) is 0 Å². The van der Waals surface area contributed by atoms with Crippen LogP contribution >= 0.6 is 11.8 Å². The number of aryl methyl sites for hydroxylation is 2. The molecule has 1 N–H and O–H groups in total. The maximum Gasteiger partial charge on any atom is 0.276 e. The Morgan fingerprint density at radius 1 is 1.46 bits per heavy atom. The van der Waals surface area contributed by atoms with Crippen molar-refractivity contribution in [1.29, 1.82) is 0 Å². The topological polar surface area (TPSA) is 106 Å². The van der Waals surface area contributed by atoms with E-state index in [1.165, 1.54) is 11.8 Å². The van der Waals surface area contributed by atoms with E-state index in [4.69, 9.17) is 4.52 Å². The Balaban J connectivity index is 1.36. The molecule has 3 rings (SSSR count). The van der Waals surface area contributed by atoms with Crippen LogP contribution in [0, 0.1) is 12.8 Å². The molecular weight excluding hydrogens is 332 g/mol. The highest BCUT2D eigenvalue weighted by molar-refractivity contribution is 7.99. The van der Waals surface area contributed by atoms with Crippen molar-refractivity contribution < 1.29 is 14.1 Å². The molecule has 2 amide bonds. The van der Waals surface area contributed by atoms with Gasteiger partial charge < -0.3 is 19.3 Å². The fourth-order valence-electron chi connectivity index (χ4n) is 2.30. The van der Waals surface area contributed by atoms with Crippen LogP contribution in [0.5, 0.6) is 0 Å². The predicted octanol–water partition coefficient (Wildman–Crippen LogP) is 0.0920. The Morgan fingerprint density at radius 3 is 2.88 bits per heavy atom. The first kappa shape index (κ1) is 16.5. The first-order valence-electron chi connectivity index (χ1n) is 7.51. The monoisotopic (exact) mass is 350 g/mol. The smallest absolute Gasteiger partial charge is 0.276 e. The van der Waals surface area contributed by atoms with E-state index in [2.05, 4.69) is 20.7 Å². The van der Waals surface area contributed by atoms with Gasteiger partial charge in [-0.3, -0.25) is 9.59 Å². The minimum atomic E-state index is -0.200. The van der Waals surface area contributed by atoms with Crippen LogP contribution in [0.2, 0.25) is 0 Å². The standard InChI is InChI=1S/C14H18N6O3S/c1-9-5-11(18-23-9)13(22)20-6-10(7-20)12(21)15-3-4-24-14-17-16-8-19(14)2/h5,8,10H,3-4,6-7H2,1-2H3,(H,15,21). The summed E-state index contributed by atoms with van der Waals surface area (Å²) in [5.41, 5.74) is 0.284. The number of likely N-dealkylation sites (tertiary alicyclic amines) is 1. The largest absolute Gasteiger partial charge is 0.361 e. The molecule has 1 saturated heterocycles. The second-order valence-corrected chi connectivity index (χ2v) is 6.66. The first-order valence-corrected chi connectivity index (χ1v) is 8.50. The minimum Gasteiger partial charge on any atom is -0.361 e. The molecular formula is C14H18N6O3S. The zero-order chi connectivity index (χ0) is 17.1. The molecule has 0 aliphatic carbocycles. The molecule has 128 valence electrons. The summed E-state index contributed by atoms with van der Waals surface area (Å²) in [6.45, 7) is 3.10. The molecule has 3 heterocycles. The summed E-state index contributed by atoms with van der Waals surface area (Å²) in [6, 6.07) is 1.60. The third kappa shape index (κ3) is 3.58. The molecule has 2 aromatic heterocycles. The highest BCUT2D eigenvalue weighted by Gasteiger charge is 2.36. The first-order chi connectivity index (χ1) is 11.5. The fraction of sp³-hybridized carbons (Fsp3) is 0.500. The van der Waals surface area contributed by atoms with Crippen LogP contribution in [-0.2, 0) is 11.8 Å². The van der Waals surface area contributed by atoms with Crippen LogP contribution in [0.25, 0.3) is 0 Å². The number of aromatic nitrogens is 4. The van der Waals surface area contributed by atoms with E-state index < -0.39 is 0 Å². The molecule has 0 radical (unpaired) electrons. The van der Waals surface area contributed by atoms with E-state index in [-0.39, 0.29) is 23.4 Å². The molecule has 0 unspecified atom stereocenters. The molecule has 0 bridgehead atoms. The van der Waals surface area contributed by atoms with Crippen molar-refractivity contribution in [1.82, 2.24) is 30.1 Å². The second-order valence-electron chi connectivity index (χ2n) is 5.59. The average Bonchev–Trinajstić information content (AvgIpc) is 3.11. The number of nitrogens with zero attached hydrogens (tertiary/aromatic N) is 5. The summed E-state index contributed by atoms with van der Waals surface area (Å²) in [5, 5.41) is 15.1. The maximum atomic E-state index is 12.1. The highest BCUT2D eigenvalue weighted by atomic mass is 32.2. The van der Waals surface area contributed by atoms with Crippen LogP contribution in [0.3, 0.4) is 0 Å². The molecule has 2 aromatic rings. The van der Waals surface area contributed by atoms with Gasteiger partial charge in [0.25, 0.3) is 5.91 Å². The lowest BCUT2D eigenvalue weighted by atomic mass is 9.98. The van der Waals surface area contributed by atoms with E-state index in [0.29, 0.717) is 31.1 Å². The van der Waals surface area contributed by atoms with Crippen molar-refractivity contribution in [2.45, 2.75) is 12.1 Å². The van der Waals surface area contributed by atoms with Gasteiger partial charge in [0.15, 0.2) is 10.9 Å². The van der Waals surface area contributed by atoms with E-state index in [1.807, 2.05) is 11.6 Å². The lowest BCUT2D eigenvalue weighted by Gasteiger charge is -2.37. The SMILES string of the molecule is Cc1cc(C(=O)N2CC(C(=O)NCCSc3nncn3C)C2)no1. The molecule has 10 heteroatoms. The van der Waals surface area contributed by atoms with Crippen LogP contribution in [0.15, 0.2) is 22.1 Å². The number of thioether (sulfide) groups is 1. The van der Waals surface area contributed by atoms with Crippen molar-refractivity contribution in [3.63, 3.8) is 0 Å². The van der Waals surface area contributed by atoms with Crippen molar-refractivity contribution in [2.75, 3.05) is 25.4 Å². The highest BCUT2D eigenvalue weighted by Crippen LogP contribution is 2.19. The Kier molecular flexibility index (Phi) is 4.84. The summed E-state index contributed by atoms with van der Waals surface area (Å²) in [4.78, 5) is 25.7. The summed E-state index contributed by atoms with van der Waals surface area (Å²) in [7, 11) is 1.87. The third-order valence-corrected chi connectivity index (χ3v) is 4.73. The lowest BCUT2D eigenvalue weighted by molar-refractivity contribution is -0.128. The Morgan fingerprint density at radius 2 is 2.25 bits per heavy atom. The molecule has 0 atom stereocenters. The molecule has 1 aliphatic rings. The van der Waals surface area contributed by atoms with Gasteiger partial charge in [-0.05, 0) is 6.92 Å². The van der Waals surface area contributed by atoms with Crippen LogP contribution in [0.1, 0.15) is 16.2 Å². The van der Waals surface area contributed by atoms with E-state index in [0.717, 1.165) is 5.16 Å². The van der Waals surface area contributed by atoms with Crippen molar-refractivity contribution >= 4 is 23.6 Å². The minimum absolute atomic E-state index is 0.0334. The number of rotatable bonds is 6. The van der Waals surface area contributed by atoms with Gasteiger partial charge in [0.05, 0.1) is 5.92 Å². The van der Waals surface area contributed by atoms with Gasteiger partial charge in [-0.2, -0.15) is 0 Å². The Hall–Kier alpha value is -2.36. The van der Waals surface area contributed by atoms with Crippen molar-refractivity contribution in [2.24, 2.45) is 13.0 Å². The average molecular weight is 350 g/mol. The van der Waals surface area contributed by atoms with Gasteiger partial charge in [-0.1, -0.05) is 16.9 Å². The van der Waals surface area contributed by atoms with Gasteiger partial charge in [0, 0.05) is 38.5 Å². The van der Waals surface area contributed by atoms with Crippen LogP contribution in [0.4, 0.5) is 0 Å². The molecule has 0 aromatic carbocycles. The van der Waals surface area contributed by atoms with Crippen molar-refractivity contribution in [3.8, 4) is 0 Å². The van der Waals surface area contributed by atoms with E-state index >= 15 is 0 Å². The third-order valence-electron chi connectivity index (χ3n) is 3.69. The maximum absolute atomic E-state index is 12.1. The molecule has 9 nitrogen and oxygen atoms in total. The summed E-state index contributed by atoms with van der Waals surface area (Å²) < 4.78 is 6.72. The molecule has 1 aliphatic heterocycles. The predicted molar refractivity (Wildman–Crippen MR) is 85.4 cm³/mol. The second kappa shape index (κ2) is 7.04. The van der Waals surface area contributed by atoms with Crippen LogP contribution < -0.4 is 5.32 Å². The molecule has 1 fully saturated rings. The van der Waals surface area contributed by atoms with Gasteiger partial charge in [0.2, 0.25) is 5.91 Å².